The van der Waals surface area contributed by atoms with Crippen LogP contribution in [0.5, 0.6) is 0 Å². The molecular weight excluding hydrogens is 256 g/mol. The van der Waals surface area contributed by atoms with E-state index in [2.05, 4.69) is 11.7 Å². The number of hydrogen-bond donors (Lipinski definition) is 1. The first-order chi connectivity index (χ1) is 9.54. The van der Waals surface area contributed by atoms with Gasteiger partial charge < -0.3 is 9.84 Å². The van der Waals surface area contributed by atoms with Crippen molar-refractivity contribution in [1.29, 1.82) is 0 Å². The van der Waals surface area contributed by atoms with Gasteiger partial charge in [0.25, 0.3) is 0 Å². The van der Waals surface area contributed by atoms with E-state index in [0.717, 1.165) is 12.8 Å². The summed E-state index contributed by atoms with van der Waals surface area (Å²) in [6.45, 7) is 5.88. The molecule has 4 heteroatoms. The van der Waals surface area contributed by atoms with Gasteiger partial charge in [-0.2, -0.15) is 0 Å². The van der Waals surface area contributed by atoms with E-state index < -0.39 is 5.97 Å². The molecule has 0 atom stereocenters. The van der Waals surface area contributed by atoms with E-state index in [4.69, 9.17) is 5.11 Å². The molecule has 120 valence electrons. The van der Waals surface area contributed by atoms with E-state index in [-0.39, 0.29) is 5.97 Å². The Morgan fingerprint density at radius 2 is 1.30 bits per heavy atom. The van der Waals surface area contributed by atoms with Gasteiger partial charge in [0, 0.05) is 13.3 Å². The topological polar surface area (TPSA) is 63.6 Å². The van der Waals surface area contributed by atoms with Crippen LogP contribution in [0.1, 0.15) is 85.0 Å². The van der Waals surface area contributed by atoms with Crippen molar-refractivity contribution >= 4 is 11.9 Å². The van der Waals surface area contributed by atoms with Gasteiger partial charge in [-0.15, -0.1) is 0 Å². The second kappa shape index (κ2) is 17.9. The number of rotatable bonds is 11. The number of carboxylic acid groups (broad SMARTS) is 1. The van der Waals surface area contributed by atoms with Crippen molar-refractivity contribution < 1.29 is 19.4 Å². The molecule has 0 rings (SSSR count). The molecule has 0 amide bonds. The van der Waals surface area contributed by atoms with E-state index >= 15 is 0 Å². The molecule has 0 aromatic carbocycles. The average Bonchev–Trinajstić information content (AvgIpc) is 2.37. The van der Waals surface area contributed by atoms with Crippen molar-refractivity contribution in [2.24, 2.45) is 0 Å². The normalized spacial score (nSPS) is 9.55. The molecule has 0 heterocycles. The lowest BCUT2D eigenvalue weighted by atomic mass is 10.1. The van der Waals surface area contributed by atoms with Crippen molar-refractivity contribution in [3.05, 3.63) is 0 Å². The van der Waals surface area contributed by atoms with Crippen LogP contribution < -0.4 is 0 Å². The van der Waals surface area contributed by atoms with Crippen LogP contribution in [0.3, 0.4) is 0 Å². The minimum Gasteiger partial charge on any atom is -0.481 e. The third-order valence-corrected chi connectivity index (χ3v) is 2.84. The maximum absolute atomic E-state index is 10.2. The van der Waals surface area contributed by atoms with Gasteiger partial charge in [0.1, 0.15) is 0 Å². The van der Waals surface area contributed by atoms with E-state index in [1.54, 1.807) is 6.92 Å². The van der Waals surface area contributed by atoms with Crippen LogP contribution >= 0.6 is 0 Å². The number of carbonyl (C=O) groups is 2. The maximum atomic E-state index is 10.2. The van der Waals surface area contributed by atoms with Gasteiger partial charge in [-0.05, 0) is 13.3 Å². The van der Waals surface area contributed by atoms with Crippen LogP contribution in [0.4, 0.5) is 0 Å². The predicted octanol–water partition coefficient (Wildman–Crippen LogP) is 4.56. The zero-order chi connectivity index (χ0) is 15.6. The van der Waals surface area contributed by atoms with E-state index in [1.807, 2.05) is 0 Å². The molecule has 0 saturated carbocycles. The number of unbranched alkanes of at least 4 members (excludes halogenated alkanes) is 8. The molecule has 0 aliphatic heterocycles. The van der Waals surface area contributed by atoms with Crippen LogP contribution in [-0.4, -0.2) is 23.7 Å². The highest BCUT2D eigenvalue weighted by Gasteiger charge is 1.96. The summed E-state index contributed by atoms with van der Waals surface area (Å²) in [5, 5.41) is 8.41. The molecule has 0 unspecified atom stereocenters. The van der Waals surface area contributed by atoms with E-state index in [1.165, 1.54) is 51.9 Å². The van der Waals surface area contributed by atoms with Gasteiger partial charge in [-0.25, -0.2) is 0 Å². The highest BCUT2D eigenvalue weighted by Crippen LogP contribution is 2.10. The highest BCUT2D eigenvalue weighted by molar-refractivity contribution is 5.66. The summed E-state index contributed by atoms with van der Waals surface area (Å²) in [4.78, 5) is 20.0. The first-order valence-electron chi connectivity index (χ1n) is 7.89. The molecule has 0 saturated heterocycles. The zero-order valence-corrected chi connectivity index (χ0v) is 13.5. The summed E-state index contributed by atoms with van der Waals surface area (Å²) in [6, 6.07) is 0. The van der Waals surface area contributed by atoms with Gasteiger partial charge in [-0.3, -0.25) is 9.59 Å². The Balaban J connectivity index is 0. The van der Waals surface area contributed by atoms with Crippen molar-refractivity contribution in [2.75, 3.05) is 6.61 Å². The number of ether oxygens (including phenoxy) is 1. The SMILES string of the molecule is CCCCCCCCCCCC(=O)O.CCOC(C)=O. The number of carbonyl (C=O) groups excluding carboxylic acids is 1. The standard InChI is InChI=1S/C12H24O2.C4H8O2/c1-2-3-4-5-6-7-8-9-10-11-12(13)14;1-3-6-4(2)5/h2-11H2,1H3,(H,13,14);3H2,1-2H3. The highest BCUT2D eigenvalue weighted by atomic mass is 16.5. The Hall–Kier alpha value is -1.06. The smallest absolute Gasteiger partial charge is 0.303 e. The Morgan fingerprint density at radius 3 is 1.60 bits per heavy atom. The van der Waals surface area contributed by atoms with Crippen LogP contribution in [-0.2, 0) is 14.3 Å². The van der Waals surface area contributed by atoms with Crippen molar-refractivity contribution in [3.8, 4) is 0 Å². The summed E-state index contributed by atoms with van der Waals surface area (Å²) in [6.07, 6.45) is 11.5. The van der Waals surface area contributed by atoms with Gasteiger partial charge in [0.05, 0.1) is 6.61 Å². The van der Waals surface area contributed by atoms with Gasteiger partial charge in [-0.1, -0.05) is 58.3 Å². The molecular formula is C16H32O4. The Morgan fingerprint density at radius 1 is 0.850 bits per heavy atom. The second-order valence-corrected chi connectivity index (χ2v) is 4.90. The molecule has 0 radical (unpaired) electrons. The van der Waals surface area contributed by atoms with Gasteiger partial charge in [0.15, 0.2) is 0 Å². The largest absolute Gasteiger partial charge is 0.481 e. The molecule has 0 fully saturated rings. The van der Waals surface area contributed by atoms with E-state index in [9.17, 15) is 9.59 Å². The number of carboxylic acids is 1. The lowest BCUT2D eigenvalue weighted by Gasteiger charge is -2.00. The minimum absolute atomic E-state index is 0.211. The summed E-state index contributed by atoms with van der Waals surface area (Å²) in [5.41, 5.74) is 0. The molecule has 0 spiro atoms. The Labute approximate surface area is 123 Å². The monoisotopic (exact) mass is 288 g/mol. The quantitative estimate of drug-likeness (QED) is 0.447. The van der Waals surface area contributed by atoms with Crippen molar-refractivity contribution in [3.63, 3.8) is 0 Å². The zero-order valence-electron chi connectivity index (χ0n) is 13.5. The fourth-order valence-corrected chi connectivity index (χ4v) is 1.79. The average molecular weight is 288 g/mol. The number of aliphatic carboxylic acids is 1. The third kappa shape index (κ3) is 25.7. The van der Waals surface area contributed by atoms with Gasteiger partial charge >= 0.3 is 11.9 Å². The second-order valence-electron chi connectivity index (χ2n) is 4.90. The first-order valence-corrected chi connectivity index (χ1v) is 7.89. The third-order valence-electron chi connectivity index (χ3n) is 2.84. The molecule has 0 aromatic heterocycles. The fraction of sp³-hybridized carbons (Fsp3) is 0.875. The number of esters is 1. The number of hydrogen-bond acceptors (Lipinski definition) is 3. The fourth-order valence-electron chi connectivity index (χ4n) is 1.79. The molecule has 0 bridgehead atoms. The Bertz CT molecular complexity index is 227. The summed E-state index contributed by atoms with van der Waals surface area (Å²) >= 11 is 0. The minimum atomic E-state index is -0.659. The van der Waals surface area contributed by atoms with Crippen LogP contribution in [0.2, 0.25) is 0 Å². The lowest BCUT2D eigenvalue weighted by Crippen LogP contribution is -1.95. The predicted molar refractivity (Wildman–Crippen MR) is 81.8 cm³/mol. The molecule has 0 aliphatic carbocycles. The molecule has 0 aromatic rings. The molecule has 0 aliphatic rings. The van der Waals surface area contributed by atoms with Crippen LogP contribution in [0.25, 0.3) is 0 Å². The van der Waals surface area contributed by atoms with Crippen LogP contribution in [0, 0.1) is 0 Å². The van der Waals surface area contributed by atoms with E-state index in [0.29, 0.717) is 13.0 Å². The Kier molecular flexibility index (Phi) is 19.1. The summed E-state index contributed by atoms with van der Waals surface area (Å²) in [5.74, 6) is -0.870. The molecule has 20 heavy (non-hydrogen) atoms. The first kappa shape index (κ1) is 21.2. The van der Waals surface area contributed by atoms with Crippen molar-refractivity contribution in [2.45, 2.75) is 85.0 Å². The maximum Gasteiger partial charge on any atom is 0.303 e. The van der Waals surface area contributed by atoms with Crippen molar-refractivity contribution in [1.82, 2.24) is 0 Å². The lowest BCUT2D eigenvalue weighted by molar-refractivity contribution is -0.140. The summed E-state index contributed by atoms with van der Waals surface area (Å²) < 4.78 is 4.40. The molecule has 4 nitrogen and oxygen atoms in total. The summed E-state index contributed by atoms with van der Waals surface area (Å²) in [7, 11) is 0. The van der Waals surface area contributed by atoms with Crippen LogP contribution in [0.15, 0.2) is 0 Å². The van der Waals surface area contributed by atoms with Gasteiger partial charge in [0.2, 0.25) is 0 Å². The molecule has 1 N–H and O–H groups in total.